The summed E-state index contributed by atoms with van der Waals surface area (Å²) in [7, 11) is 0. The van der Waals surface area contributed by atoms with Gasteiger partial charge in [-0.05, 0) is 49.1 Å². The lowest BCUT2D eigenvalue weighted by atomic mass is 10.1. The van der Waals surface area contributed by atoms with Crippen molar-refractivity contribution in [1.29, 1.82) is 0 Å². The Hall–Kier alpha value is -1.19. The van der Waals surface area contributed by atoms with Gasteiger partial charge in [-0.2, -0.15) is 0 Å². The maximum absolute atomic E-state index is 10.0. The first kappa shape index (κ1) is 13.2. The van der Waals surface area contributed by atoms with Gasteiger partial charge in [-0.3, -0.25) is 4.98 Å². The van der Waals surface area contributed by atoms with Gasteiger partial charge in [0.15, 0.2) is 0 Å². The monoisotopic (exact) mass is 261 g/mol. The summed E-state index contributed by atoms with van der Waals surface area (Å²) < 4.78 is 0. The number of thiophene rings is 1. The Morgan fingerprint density at radius 1 is 1.17 bits per heavy atom. The van der Waals surface area contributed by atoms with Gasteiger partial charge in [0.05, 0.1) is 6.10 Å². The normalized spacial score (nSPS) is 12.6. The predicted octanol–water partition coefficient (Wildman–Crippen LogP) is 3.24. The molecule has 0 radical (unpaired) electrons. The summed E-state index contributed by atoms with van der Waals surface area (Å²) in [5, 5.41) is 10.0. The van der Waals surface area contributed by atoms with Gasteiger partial charge in [0.2, 0.25) is 0 Å². The van der Waals surface area contributed by atoms with Crippen LogP contribution in [0.1, 0.15) is 28.7 Å². The van der Waals surface area contributed by atoms with Gasteiger partial charge >= 0.3 is 0 Å². The second-order valence-electron chi connectivity index (χ2n) is 4.47. The maximum Gasteiger partial charge on any atom is 0.0591 e. The summed E-state index contributed by atoms with van der Waals surface area (Å²) in [6.07, 6.45) is 6.93. The number of aromatic nitrogens is 1. The molecule has 2 aromatic rings. The van der Waals surface area contributed by atoms with Gasteiger partial charge in [0.1, 0.15) is 0 Å². The molecule has 2 nitrogen and oxygen atoms in total. The summed E-state index contributed by atoms with van der Waals surface area (Å²) in [4.78, 5) is 6.67. The Kier molecular flexibility index (Phi) is 4.90. The number of nitrogens with zero attached hydrogens (tertiary/aromatic N) is 1. The molecule has 3 heteroatoms. The summed E-state index contributed by atoms with van der Waals surface area (Å²) >= 11 is 1.81. The van der Waals surface area contributed by atoms with E-state index in [2.05, 4.69) is 24.0 Å². The van der Waals surface area contributed by atoms with Gasteiger partial charge in [-0.1, -0.05) is 6.92 Å². The van der Waals surface area contributed by atoms with Crippen LogP contribution in [0.2, 0.25) is 0 Å². The molecule has 0 amide bonds. The SMILES string of the molecule is CCc1ccc(CC(O)CCc2ccncc2)s1. The zero-order valence-corrected chi connectivity index (χ0v) is 11.5. The van der Waals surface area contributed by atoms with E-state index in [1.807, 2.05) is 23.5 Å². The highest BCUT2D eigenvalue weighted by Gasteiger charge is 2.08. The van der Waals surface area contributed by atoms with E-state index in [1.165, 1.54) is 15.3 Å². The van der Waals surface area contributed by atoms with E-state index < -0.39 is 0 Å². The van der Waals surface area contributed by atoms with E-state index in [4.69, 9.17) is 0 Å². The molecule has 96 valence electrons. The van der Waals surface area contributed by atoms with Crippen LogP contribution in [-0.2, 0) is 19.3 Å². The van der Waals surface area contributed by atoms with Gasteiger partial charge in [0.25, 0.3) is 0 Å². The van der Waals surface area contributed by atoms with E-state index in [0.717, 1.165) is 25.7 Å². The van der Waals surface area contributed by atoms with Gasteiger partial charge in [0, 0.05) is 28.6 Å². The fraction of sp³-hybridized carbons (Fsp3) is 0.400. The third kappa shape index (κ3) is 3.93. The van der Waals surface area contributed by atoms with Crippen molar-refractivity contribution in [3.8, 4) is 0 Å². The molecule has 2 heterocycles. The molecule has 0 spiro atoms. The molecule has 0 bridgehead atoms. The number of aryl methyl sites for hydroxylation is 2. The topological polar surface area (TPSA) is 33.1 Å². The number of hydrogen-bond acceptors (Lipinski definition) is 3. The van der Waals surface area contributed by atoms with Crippen LogP contribution in [-0.4, -0.2) is 16.2 Å². The molecule has 0 saturated carbocycles. The lowest BCUT2D eigenvalue weighted by Crippen LogP contribution is -2.10. The minimum absolute atomic E-state index is 0.249. The van der Waals surface area contributed by atoms with Gasteiger partial charge < -0.3 is 5.11 Å². The Morgan fingerprint density at radius 3 is 2.56 bits per heavy atom. The van der Waals surface area contributed by atoms with Crippen molar-refractivity contribution < 1.29 is 5.11 Å². The number of hydrogen-bond donors (Lipinski definition) is 1. The highest BCUT2D eigenvalue weighted by atomic mass is 32.1. The fourth-order valence-electron chi connectivity index (χ4n) is 1.94. The van der Waals surface area contributed by atoms with Crippen LogP contribution in [0.3, 0.4) is 0 Å². The molecule has 0 aliphatic rings. The molecule has 1 unspecified atom stereocenters. The molecule has 18 heavy (non-hydrogen) atoms. The molecule has 0 saturated heterocycles. The largest absolute Gasteiger partial charge is 0.393 e. The van der Waals surface area contributed by atoms with E-state index in [-0.39, 0.29) is 6.10 Å². The Morgan fingerprint density at radius 2 is 1.89 bits per heavy atom. The van der Waals surface area contributed by atoms with Crippen molar-refractivity contribution in [1.82, 2.24) is 4.98 Å². The second-order valence-corrected chi connectivity index (χ2v) is 5.73. The highest BCUT2D eigenvalue weighted by molar-refractivity contribution is 7.11. The number of aliphatic hydroxyl groups excluding tert-OH is 1. The Labute approximate surface area is 112 Å². The fourth-order valence-corrected chi connectivity index (χ4v) is 2.97. The highest BCUT2D eigenvalue weighted by Crippen LogP contribution is 2.19. The Bertz CT molecular complexity index is 466. The van der Waals surface area contributed by atoms with Gasteiger partial charge in [-0.25, -0.2) is 0 Å². The molecular weight excluding hydrogens is 242 g/mol. The van der Waals surface area contributed by atoms with Crippen molar-refractivity contribution in [3.05, 3.63) is 52.0 Å². The molecule has 0 aliphatic carbocycles. The molecule has 0 fully saturated rings. The summed E-state index contributed by atoms with van der Waals surface area (Å²) in [6, 6.07) is 8.31. The zero-order chi connectivity index (χ0) is 12.8. The van der Waals surface area contributed by atoms with E-state index in [1.54, 1.807) is 12.4 Å². The summed E-state index contributed by atoms with van der Waals surface area (Å²) in [6.45, 7) is 2.16. The first-order valence-corrected chi connectivity index (χ1v) is 7.24. The predicted molar refractivity (Wildman–Crippen MR) is 76.0 cm³/mol. The molecular formula is C15H19NOS. The quantitative estimate of drug-likeness (QED) is 0.866. The van der Waals surface area contributed by atoms with Crippen LogP contribution in [0, 0.1) is 0 Å². The van der Waals surface area contributed by atoms with E-state index in [0.29, 0.717) is 0 Å². The van der Waals surface area contributed by atoms with Gasteiger partial charge in [-0.15, -0.1) is 11.3 Å². The third-order valence-electron chi connectivity index (χ3n) is 3.02. The van der Waals surface area contributed by atoms with Crippen LogP contribution in [0.5, 0.6) is 0 Å². The van der Waals surface area contributed by atoms with Crippen LogP contribution < -0.4 is 0 Å². The molecule has 2 aromatic heterocycles. The smallest absolute Gasteiger partial charge is 0.0591 e. The number of pyridine rings is 1. The average molecular weight is 261 g/mol. The number of rotatable bonds is 6. The molecule has 1 atom stereocenters. The maximum atomic E-state index is 10.0. The first-order valence-electron chi connectivity index (χ1n) is 6.42. The third-order valence-corrected chi connectivity index (χ3v) is 4.27. The standard InChI is InChI=1S/C15H19NOS/c1-2-14-5-6-15(18-14)11-13(17)4-3-12-7-9-16-10-8-12/h5-10,13,17H,2-4,11H2,1H3. The zero-order valence-electron chi connectivity index (χ0n) is 10.7. The minimum Gasteiger partial charge on any atom is -0.393 e. The van der Waals surface area contributed by atoms with E-state index >= 15 is 0 Å². The van der Waals surface area contributed by atoms with Crippen molar-refractivity contribution >= 4 is 11.3 Å². The van der Waals surface area contributed by atoms with Crippen molar-refractivity contribution in [3.63, 3.8) is 0 Å². The molecule has 1 N–H and O–H groups in total. The van der Waals surface area contributed by atoms with E-state index in [9.17, 15) is 5.11 Å². The van der Waals surface area contributed by atoms with Crippen molar-refractivity contribution in [2.24, 2.45) is 0 Å². The van der Waals surface area contributed by atoms with Crippen LogP contribution in [0.25, 0.3) is 0 Å². The first-order chi connectivity index (χ1) is 8.78. The van der Waals surface area contributed by atoms with Crippen LogP contribution >= 0.6 is 11.3 Å². The van der Waals surface area contributed by atoms with Crippen molar-refractivity contribution in [2.75, 3.05) is 0 Å². The Balaban J connectivity index is 1.80. The average Bonchev–Trinajstić information content (AvgIpc) is 2.85. The van der Waals surface area contributed by atoms with Crippen LogP contribution in [0.4, 0.5) is 0 Å². The minimum atomic E-state index is -0.249. The lowest BCUT2D eigenvalue weighted by Gasteiger charge is -2.09. The number of aliphatic hydroxyl groups is 1. The van der Waals surface area contributed by atoms with Crippen molar-refractivity contribution in [2.45, 2.75) is 38.7 Å². The second kappa shape index (κ2) is 6.66. The molecule has 0 aliphatic heterocycles. The molecule has 0 aromatic carbocycles. The van der Waals surface area contributed by atoms with Crippen LogP contribution in [0.15, 0.2) is 36.7 Å². The molecule has 2 rings (SSSR count). The summed E-state index contributed by atoms with van der Waals surface area (Å²) in [5.41, 5.74) is 1.24. The summed E-state index contributed by atoms with van der Waals surface area (Å²) in [5.74, 6) is 0. The lowest BCUT2D eigenvalue weighted by molar-refractivity contribution is 0.166.